The smallest absolute Gasteiger partial charge is 0.326 e. The number of likely N-dealkylation sites (tertiary alicyclic amines) is 1. The molecule has 4 N–H and O–H groups in total. The molecule has 1 unspecified atom stereocenters. The summed E-state index contributed by atoms with van der Waals surface area (Å²) in [5.41, 5.74) is 2.98. The van der Waals surface area contributed by atoms with Crippen LogP contribution in [0.1, 0.15) is 85.3 Å². The minimum atomic E-state index is -1.14. The van der Waals surface area contributed by atoms with Crippen molar-refractivity contribution < 1.29 is 38.6 Å². The van der Waals surface area contributed by atoms with Crippen LogP contribution in [0.4, 0.5) is 5.69 Å². The molecule has 1 aliphatic heterocycles. The average Bonchev–Trinajstić information content (AvgIpc) is 3.74. The van der Waals surface area contributed by atoms with Gasteiger partial charge < -0.3 is 40.3 Å². The number of rotatable bonds is 25. The van der Waals surface area contributed by atoms with Gasteiger partial charge in [0.1, 0.15) is 12.1 Å². The molecule has 0 spiro atoms. The minimum Gasteiger partial charge on any atom is -0.480 e. The van der Waals surface area contributed by atoms with E-state index in [2.05, 4.69) is 33.0 Å². The van der Waals surface area contributed by atoms with Crippen molar-refractivity contribution in [3.63, 3.8) is 0 Å². The van der Waals surface area contributed by atoms with Gasteiger partial charge in [0.05, 0.1) is 42.7 Å². The van der Waals surface area contributed by atoms with Crippen LogP contribution >= 0.6 is 0 Å². The van der Waals surface area contributed by atoms with Gasteiger partial charge in [-0.2, -0.15) is 0 Å². The van der Waals surface area contributed by atoms with E-state index in [1.54, 1.807) is 30.9 Å². The van der Waals surface area contributed by atoms with E-state index in [1.165, 1.54) is 12.7 Å². The van der Waals surface area contributed by atoms with Gasteiger partial charge in [0.15, 0.2) is 0 Å². The van der Waals surface area contributed by atoms with Crippen LogP contribution in [0.25, 0.3) is 0 Å². The van der Waals surface area contributed by atoms with Crippen molar-refractivity contribution in [2.24, 2.45) is 23.7 Å². The van der Waals surface area contributed by atoms with Gasteiger partial charge in [-0.05, 0) is 67.3 Å². The van der Waals surface area contributed by atoms with Crippen LogP contribution in [-0.4, -0.2) is 140 Å². The maximum absolute atomic E-state index is 14.6. The maximum Gasteiger partial charge on any atom is 0.326 e. The Balaban J connectivity index is 1.76. The normalized spacial score (nSPS) is 18.0. The summed E-state index contributed by atoms with van der Waals surface area (Å²) >= 11 is 0. The highest BCUT2D eigenvalue weighted by atomic mass is 16.5. The highest BCUT2D eigenvalue weighted by Crippen LogP contribution is 2.30. The Kier molecular flexibility index (Phi) is 20.8. The number of carbonyl (C=O) groups excluding carboxylic acids is 4. The molecule has 4 amide bonds. The number of nitrogens with one attached hydrogen (secondary N) is 3. The largest absolute Gasteiger partial charge is 0.480 e. The molecule has 0 aromatic heterocycles. The van der Waals surface area contributed by atoms with Crippen LogP contribution in [0.3, 0.4) is 0 Å². The number of anilines is 1. The first kappa shape index (κ1) is 51.8. The number of hydrogen-bond donors (Lipinski definition) is 4. The molecular formula is C48H76N6O8. The summed E-state index contributed by atoms with van der Waals surface area (Å²) in [7, 11) is 8.61. The molecule has 0 saturated carbocycles. The van der Waals surface area contributed by atoms with Crippen molar-refractivity contribution in [2.75, 3.05) is 53.8 Å². The van der Waals surface area contributed by atoms with Gasteiger partial charge in [-0.1, -0.05) is 97.4 Å². The van der Waals surface area contributed by atoms with E-state index < -0.39 is 60.2 Å². The van der Waals surface area contributed by atoms with Gasteiger partial charge in [0.2, 0.25) is 23.6 Å². The second-order valence-electron chi connectivity index (χ2n) is 17.8. The lowest BCUT2D eigenvalue weighted by Crippen LogP contribution is -2.60. The highest BCUT2D eigenvalue weighted by Gasteiger charge is 2.43. The van der Waals surface area contributed by atoms with Crippen LogP contribution < -0.4 is 16.0 Å². The Morgan fingerprint density at radius 3 is 2.03 bits per heavy atom. The maximum atomic E-state index is 14.6. The Labute approximate surface area is 370 Å². The van der Waals surface area contributed by atoms with Crippen LogP contribution in [0.5, 0.6) is 0 Å². The number of likely N-dealkylation sites (N-methyl/N-ethyl adjacent to an activating group) is 2. The zero-order valence-corrected chi connectivity index (χ0v) is 39.4. The second kappa shape index (κ2) is 24.9. The topological polar surface area (TPSA) is 170 Å². The summed E-state index contributed by atoms with van der Waals surface area (Å²) in [6, 6.07) is 14.0. The first-order valence-corrected chi connectivity index (χ1v) is 22.4. The lowest BCUT2D eigenvalue weighted by atomic mass is 9.89. The molecular weight excluding hydrogens is 789 g/mol. The third kappa shape index (κ3) is 14.0. The van der Waals surface area contributed by atoms with Crippen molar-refractivity contribution in [1.29, 1.82) is 0 Å². The molecule has 2 aromatic rings. The number of ether oxygens (including phenoxy) is 2. The van der Waals surface area contributed by atoms with Gasteiger partial charge in [-0.3, -0.25) is 24.1 Å². The summed E-state index contributed by atoms with van der Waals surface area (Å²) < 4.78 is 12.0. The summed E-state index contributed by atoms with van der Waals surface area (Å²) in [5.74, 6) is -3.34. The van der Waals surface area contributed by atoms with Crippen LogP contribution in [-0.2, 0) is 46.3 Å². The predicted molar refractivity (Wildman–Crippen MR) is 244 cm³/mol. The predicted octanol–water partition coefficient (Wildman–Crippen LogP) is 5.10. The zero-order valence-electron chi connectivity index (χ0n) is 39.4. The Bertz CT molecular complexity index is 1730. The van der Waals surface area contributed by atoms with Crippen molar-refractivity contribution in [1.82, 2.24) is 25.3 Å². The highest BCUT2D eigenvalue weighted by molar-refractivity contribution is 5.90. The summed E-state index contributed by atoms with van der Waals surface area (Å²) in [6.45, 7) is 14.7. The fourth-order valence-corrected chi connectivity index (χ4v) is 8.93. The molecule has 2 aromatic carbocycles. The number of carbonyl (C=O) groups is 5. The molecule has 1 heterocycles. The average molecular weight is 865 g/mol. The van der Waals surface area contributed by atoms with E-state index in [1.807, 2.05) is 98.1 Å². The molecule has 9 atom stereocenters. The van der Waals surface area contributed by atoms with Crippen molar-refractivity contribution in [3.8, 4) is 0 Å². The number of hydrogen-bond acceptors (Lipinski definition) is 9. The van der Waals surface area contributed by atoms with Crippen LogP contribution in [0.15, 0.2) is 54.6 Å². The fourth-order valence-electron chi connectivity index (χ4n) is 8.93. The van der Waals surface area contributed by atoms with Crippen molar-refractivity contribution in [3.05, 3.63) is 65.7 Å². The Morgan fingerprint density at radius 1 is 0.855 bits per heavy atom. The standard InChI is InChI=1S/C48H76N6O8/c1-13-32(6)43(53(10)47(58)41(30(2)3)51-46(57)42(31(4)5)52(9)27-25-34-21-23-36(49-8)24-22-34)39(61-11)29-40(55)54-26-17-20-38(54)44(62-12)33(7)45(56)50-37(48(59)60)28-35-18-15-14-16-19-35/h14-16,18-19,21-24,30-33,37-39,41-44,49H,13,17,20,25-29H2,1-12H3,(H,50,56)(H,51,57)(H,59,60)/t32-,33+,37-,38-,39+,41?,42-,43-,44+/m0/s1. The lowest BCUT2D eigenvalue weighted by molar-refractivity contribution is -0.148. The van der Waals surface area contributed by atoms with Crippen LogP contribution in [0, 0.1) is 23.7 Å². The molecule has 0 aliphatic carbocycles. The van der Waals surface area contributed by atoms with Gasteiger partial charge in [-0.25, -0.2) is 4.79 Å². The summed E-state index contributed by atoms with van der Waals surface area (Å²) in [5, 5.41) is 18.9. The van der Waals surface area contributed by atoms with E-state index in [4.69, 9.17) is 9.47 Å². The first-order valence-electron chi connectivity index (χ1n) is 22.4. The van der Waals surface area contributed by atoms with E-state index in [9.17, 15) is 29.1 Å². The summed E-state index contributed by atoms with van der Waals surface area (Å²) in [6.07, 6.45) is 1.51. The number of aliphatic carboxylic acids is 1. The molecule has 14 heteroatoms. The monoisotopic (exact) mass is 865 g/mol. The van der Waals surface area contributed by atoms with Gasteiger partial charge in [0.25, 0.3) is 0 Å². The van der Waals surface area contributed by atoms with E-state index in [0.29, 0.717) is 32.4 Å². The minimum absolute atomic E-state index is 0.0187. The Hall–Kier alpha value is -4.53. The van der Waals surface area contributed by atoms with Gasteiger partial charge >= 0.3 is 5.97 Å². The quantitative estimate of drug-likeness (QED) is 0.105. The third-order valence-electron chi connectivity index (χ3n) is 12.8. The van der Waals surface area contributed by atoms with Gasteiger partial charge in [-0.15, -0.1) is 0 Å². The number of nitrogens with zero attached hydrogens (tertiary/aromatic N) is 3. The molecule has 1 fully saturated rings. The number of carboxylic acid groups (broad SMARTS) is 1. The number of carboxylic acids is 1. The van der Waals surface area contributed by atoms with E-state index in [0.717, 1.165) is 17.7 Å². The fraction of sp³-hybridized carbons (Fsp3) is 0.646. The molecule has 62 heavy (non-hydrogen) atoms. The molecule has 14 nitrogen and oxygen atoms in total. The van der Waals surface area contributed by atoms with Crippen molar-refractivity contribution >= 4 is 35.3 Å². The molecule has 1 saturated heterocycles. The molecule has 0 radical (unpaired) electrons. The molecule has 346 valence electrons. The second-order valence-corrected chi connectivity index (χ2v) is 17.8. The van der Waals surface area contributed by atoms with Crippen molar-refractivity contribution in [2.45, 2.75) is 129 Å². The first-order chi connectivity index (χ1) is 29.4. The molecule has 0 bridgehead atoms. The number of methoxy groups -OCH3 is 2. The SMILES string of the molecule is CC[C@H](C)[C@@H]([C@@H](CC(=O)N1CCC[C@H]1[C@H](OC)[C@@H](C)C(=O)N[C@@H](Cc1ccccc1)C(=O)O)OC)N(C)C(=O)C(NC(=O)[C@H](C(C)C)N(C)CCc1ccc(NC)cc1)C(C)C. The van der Waals surface area contributed by atoms with E-state index >= 15 is 0 Å². The zero-order chi connectivity index (χ0) is 46.3. The summed E-state index contributed by atoms with van der Waals surface area (Å²) in [4.78, 5) is 74.2. The molecule has 3 rings (SSSR count). The Morgan fingerprint density at radius 2 is 1.50 bits per heavy atom. The number of benzene rings is 2. The number of amides is 4. The molecule has 1 aliphatic rings. The lowest BCUT2D eigenvalue weighted by Gasteiger charge is -2.41. The van der Waals surface area contributed by atoms with E-state index in [-0.39, 0.29) is 48.3 Å². The third-order valence-corrected chi connectivity index (χ3v) is 12.8. The van der Waals surface area contributed by atoms with Gasteiger partial charge in [0, 0.05) is 53.5 Å². The van der Waals surface area contributed by atoms with Crippen LogP contribution in [0.2, 0.25) is 0 Å².